The number of phosphoric ester groups is 1. The van der Waals surface area contributed by atoms with Crippen LogP contribution in [0, 0.1) is 0 Å². The van der Waals surface area contributed by atoms with Crippen molar-refractivity contribution in [2.24, 2.45) is 0 Å². The molecular formula is C25H27FN5O6P. The Morgan fingerprint density at radius 1 is 1.00 bits per heavy atom. The third-order valence-corrected chi connectivity index (χ3v) is 7.39. The Hall–Kier alpha value is -3.25. The molecule has 11 nitrogen and oxygen atoms in total. The predicted molar refractivity (Wildman–Crippen MR) is 135 cm³/mol. The van der Waals surface area contributed by atoms with Crippen molar-refractivity contribution in [1.29, 1.82) is 0 Å². The number of hydrogen-bond acceptors (Lipinski definition) is 10. The molecule has 2 aromatic carbocycles. The van der Waals surface area contributed by atoms with Crippen molar-refractivity contribution >= 4 is 24.8 Å². The predicted octanol–water partition coefficient (Wildman–Crippen LogP) is 3.95. The first-order valence-corrected chi connectivity index (χ1v) is 13.4. The van der Waals surface area contributed by atoms with Crippen molar-refractivity contribution in [1.82, 2.24) is 19.5 Å². The number of aliphatic hydroxyl groups is 1. The quantitative estimate of drug-likeness (QED) is 0.282. The van der Waals surface area contributed by atoms with Crippen molar-refractivity contribution in [3.8, 4) is 0 Å². The molecule has 0 bridgehead atoms. The number of alkyl halides is 1. The summed E-state index contributed by atoms with van der Waals surface area (Å²) < 4.78 is 52.6. The van der Waals surface area contributed by atoms with Crippen LogP contribution in [0.4, 0.5) is 10.2 Å². The number of aliphatic hydroxyl groups excluding tert-OH is 1. The van der Waals surface area contributed by atoms with Gasteiger partial charge in [0.05, 0.1) is 26.1 Å². The van der Waals surface area contributed by atoms with E-state index in [2.05, 4.69) is 15.0 Å². The van der Waals surface area contributed by atoms with Crippen molar-refractivity contribution in [2.45, 2.75) is 44.2 Å². The lowest BCUT2D eigenvalue weighted by Crippen LogP contribution is -2.45. The number of nitrogen functional groups attached to an aromatic ring is 1. The summed E-state index contributed by atoms with van der Waals surface area (Å²) in [4.78, 5) is 12.2. The highest BCUT2D eigenvalue weighted by Crippen LogP contribution is 2.51. The molecule has 0 aliphatic carbocycles. The van der Waals surface area contributed by atoms with Gasteiger partial charge in [0.15, 0.2) is 17.7 Å². The number of imidazole rings is 1. The SMILES string of the molecule is Nc1ncnc2c1ncn2[C@@H]1O[C@H](COP(=O)(OCc2ccccc2)OCc2ccccc2)C(F)C[C@@H]1O. The Labute approximate surface area is 218 Å². The molecule has 1 aliphatic heterocycles. The number of ether oxygens (including phenoxy) is 1. The van der Waals surface area contributed by atoms with Crippen LogP contribution in [0.5, 0.6) is 0 Å². The Bertz CT molecular complexity index is 1350. The van der Waals surface area contributed by atoms with Gasteiger partial charge in [-0.05, 0) is 11.1 Å². The molecule has 0 spiro atoms. The zero-order valence-electron chi connectivity index (χ0n) is 20.2. The molecule has 5 rings (SSSR count). The lowest BCUT2D eigenvalue weighted by atomic mass is 10.0. The zero-order valence-corrected chi connectivity index (χ0v) is 21.1. The molecule has 4 aromatic rings. The first kappa shape index (κ1) is 26.4. The van der Waals surface area contributed by atoms with Crippen LogP contribution >= 0.6 is 7.82 Å². The average Bonchev–Trinajstić information content (AvgIpc) is 3.37. The zero-order chi connectivity index (χ0) is 26.5. The number of halogens is 1. The summed E-state index contributed by atoms with van der Waals surface area (Å²) >= 11 is 0. The summed E-state index contributed by atoms with van der Waals surface area (Å²) in [5.41, 5.74) is 8.01. The standard InChI is InChI=1S/C25H27FN5O6P/c26-19-11-20(32)25(31-16-30-22-23(27)28-15-29-24(22)31)37-21(19)14-36-38(33,34-12-17-7-3-1-4-8-17)35-13-18-9-5-2-6-10-18/h1-10,15-16,19-21,25,32H,11-14H2,(H2,27,28,29)/t19?,20-,21+,25+/m0/s1. The summed E-state index contributed by atoms with van der Waals surface area (Å²) in [6.45, 7) is -0.531. The Kier molecular flexibility index (Phi) is 8.08. The normalized spacial score (nSPS) is 22.1. The third-order valence-electron chi connectivity index (χ3n) is 6.04. The summed E-state index contributed by atoms with van der Waals surface area (Å²) in [7, 11) is -4.15. The second-order valence-corrected chi connectivity index (χ2v) is 10.4. The maximum Gasteiger partial charge on any atom is 0.475 e. The van der Waals surface area contributed by atoms with Gasteiger partial charge in [0, 0.05) is 6.42 Å². The van der Waals surface area contributed by atoms with Gasteiger partial charge in [0.1, 0.15) is 30.2 Å². The van der Waals surface area contributed by atoms with Crippen LogP contribution in [0.15, 0.2) is 73.3 Å². The minimum Gasteiger partial charge on any atom is -0.388 e. The highest BCUT2D eigenvalue weighted by Gasteiger charge is 2.41. The van der Waals surface area contributed by atoms with Gasteiger partial charge < -0.3 is 15.6 Å². The number of rotatable bonds is 10. The van der Waals surface area contributed by atoms with E-state index in [1.807, 2.05) is 36.4 Å². The maximum atomic E-state index is 15.0. The van der Waals surface area contributed by atoms with Gasteiger partial charge in [0.25, 0.3) is 0 Å². The maximum absolute atomic E-state index is 15.0. The highest BCUT2D eigenvalue weighted by atomic mass is 31.2. The van der Waals surface area contributed by atoms with E-state index in [-0.39, 0.29) is 25.5 Å². The molecule has 0 saturated carbocycles. The van der Waals surface area contributed by atoms with Crippen LogP contribution in [0.3, 0.4) is 0 Å². The molecule has 38 heavy (non-hydrogen) atoms. The molecule has 1 aliphatic rings. The summed E-state index contributed by atoms with van der Waals surface area (Å²) in [6, 6.07) is 18.2. The molecule has 1 unspecified atom stereocenters. The first-order chi connectivity index (χ1) is 18.4. The van der Waals surface area contributed by atoms with Gasteiger partial charge in [-0.1, -0.05) is 60.7 Å². The molecule has 200 valence electrons. The van der Waals surface area contributed by atoms with Crippen LogP contribution < -0.4 is 5.73 Å². The lowest BCUT2D eigenvalue weighted by Gasteiger charge is -2.36. The van der Waals surface area contributed by atoms with Crippen LogP contribution in [0.25, 0.3) is 11.2 Å². The Balaban J connectivity index is 1.30. The van der Waals surface area contributed by atoms with E-state index in [9.17, 15) is 14.1 Å². The molecule has 4 atom stereocenters. The van der Waals surface area contributed by atoms with Crippen LogP contribution in [-0.4, -0.2) is 49.6 Å². The molecule has 1 saturated heterocycles. The monoisotopic (exact) mass is 543 g/mol. The van der Waals surface area contributed by atoms with Crippen LogP contribution in [0.1, 0.15) is 23.8 Å². The summed E-state index contributed by atoms with van der Waals surface area (Å²) in [6.07, 6.45) is -2.64. The smallest absolute Gasteiger partial charge is 0.388 e. The number of aromatic nitrogens is 4. The lowest BCUT2D eigenvalue weighted by molar-refractivity contribution is -0.189. The highest BCUT2D eigenvalue weighted by molar-refractivity contribution is 7.48. The van der Waals surface area contributed by atoms with E-state index >= 15 is 0 Å². The fraction of sp³-hybridized carbons (Fsp3) is 0.320. The number of phosphoric acid groups is 1. The number of fused-ring (bicyclic) bond motifs is 1. The second kappa shape index (κ2) is 11.6. The van der Waals surface area contributed by atoms with E-state index in [0.717, 1.165) is 11.1 Å². The van der Waals surface area contributed by atoms with E-state index < -0.39 is 39.0 Å². The van der Waals surface area contributed by atoms with Crippen molar-refractivity contribution in [3.63, 3.8) is 0 Å². The fourth-order valence-electron chi connectivity index (χ4n) is 4.04. The third kappa shape index (κ3) is 6.07. The largest absolute Gasteiger partial charge is 0.475 e. The van der Waals surface area contributed by atoms with Crippen LogP contribution in [-0.2, 0) is 36.1 Å². The minimum atomic E-state index is -4.15. The number of nitrogens with zero attached hydrogens (tertiary/aromatic N) is 4. The van der Waals surface area contributed by atoms with Crippen molar-refractivity contribution in [3.05, 3.63) is 84.4 Å². The van der Waals surface area contributed by atoms with Gasteiger partial charge >= 0.3 is 7.82 Å². The van der Waals surface area contributed by atoms with E-state index in [0.29, 0.717) is 11.2 Å². The van der Waals surface area contributed by atoms with Gasteiger partial charge in [-0.3, -0.25) is 18.1 Å². The molecule has 0 amide bonds. The van der Waals surface area contributed by atoms with Crippen molar-refractivity contribution in [2.75, 3.05) is 12.3 Å². The number of hydrogen-bond donors (Lipinski definition) is 2. The topological polar surface area (TPSA) is 144 Å². The van der Waals surface area contributed by atoms with Gasteiger partial charge in [-0.15, -0.1) is 0 Å². The second-order valence-electron chi connectivity index (χ2n) is 8.73. The van der Waals surface area contributed by atoms with Gasteiger partial charge in [0.2, 0.25) is 0 Å². The Morgan fingerprint density at radius 2 is 1.63 bits per heavy atom. The summed E-state index contributed by atoms with van der Waals surface area (Å²) in [5, 5.41) is 10.6. The van der Waals surface area contributed by atoms with Gasteiger partial charge in [-0.2, -0.15) is 0 Å². The molecule has 3 heterocycles. The number of nitrogens with two attached hydrogens (primary N) is 1. The first-order valence-electron chi connectivity index (χ1n) is 11.9. The minimum absolute atomic E-state index is 0.0407. The van der Waals surface area contributed by atoms with Gasteiger partial charge in [-0.25, -0.2) is 23.9 Å². The fourth-order valence-corrected chi connectivity index (χ4v) is 5.20. The van der Waals surface area contributed by atoms with E-state index in [1.54, 1.807) is 24.3 Å². The molecule has 1 fully saturated rings. The average molecular weight is 543 g/mol. The summed E-state index contributed by atoms with van der Waals surface area (Å²) in [5.74, 6) is 0.161. The number of benzene rings is 2. The number of anilines is 1. The molecule has 0 radical (unpaired) electrons. The van der Waals surface area contributed by atoms with E-state index in [4.69, 9.17) is 24.0 Å². The molecular weight excluding hydrogens is 516 g/mol. The molecule has 2 aromatic heterocycles. The van der Waals surface area contributed by atoms with Crippen LogP contribution in [0.2, 0.25) is 0 Å². The molecule has 13 heteroatoms. The Morgan fingerprint density at radius 3 is 2.26 bits per heavy atom. The van der Waals surface area contributed by atoms with E-state index in [1.165, 1.54) is 17.2 Å². The van der Waals surface area contributed by atoms with Crippen molar-refractivity contribution < 1.29 is 32.4 Å². The molecule has 3 N–H and O–H groups in total.